The molecule has 7 aliphatic rings. The summed E-state index contributed by atoms with van der Waals surface area (Å²) >= 11 is 0. The van der Waals surface area contributed by atoms with Gasteiger partial charge in [-0.15, -0.1) is 0 Å². The van der Waals surface area contributed by atoms with Gasteiger partial charge in [0.25, 0.3) is 11.7 Å². The third kappa shape index (κ3) is 9.24. The fourth-order valence-corrected chi connectivity index (χ4v) is 11.5. The Kier molecular flexibility index (Phi) is 14.3. The summed E-state index contributed by atoms with van der Waals surface area (Å²) in [5.41, 5.74) is -2.82. The number of anilines is 1. The van der Waals surface area contributed by atoms with E-state index in [4.69, 9.17) is 28.7 Å². The van der Waals surface area contributed by atoms with Crippen LogP contribution < -0.4 is 30.4 Å². The molecule has 21 heteroatoms. The number of Topliss-reactive ketones (excluding diaryl/α,β-unsaturated/α-hetero) is 2. The number of allylic oxidation sites excluding steroid dienone is 4. The number of hydrogen-bond donors (Lipinski definition) is 6. The highest BCUT2D eigenvalue weighted by atomic mass is 19.1. The van der Waals surface area contributed by atoms with E-state index in [0.29, 0.717) is 12.8 Å². The molecule has 2 aliphatic carbocycles. The molecular weight excluding hydrogens is 1000 g/mol. The number of aromatic carboxylic acids is 1. The van der Waals surface area contributed by atoms with E-state index in [1.807, 2.05) is 0 Å². The molecule has 1 saturated carbocycles. The number of fused-ring (bicyclic) bond motifs is 14. The van der Waals surface area contributed by atoms with Gasteiger partial charge in [-0.2, -0.15) is 0 Å². The molecule has 0 unspecified atom stereocenters. The minimum atomic E-state index is -2.10. The lowest BCUT2D eigenvalue weighted by Gasteiger charge is -2.39. The van der Waals surface area contributed by atoms with Gasteiger partial charge in [0.05, 0.1) is 65.1 Å². The number of ether oxygens (including phenoxy) is 5. The summed E-state index contributed by atoms with van der Waals surface area (Å²) in [6.07, 6.45) is 6.31. The number of nitrogens with one attached hydrogen (secondary N) is 2. The number of carboxylic acids is 1. The van der Waals surface area contributed by atoms with Crippen LogP contribution >= 0.6 is 0 Å². The molecule has 2 aromatic carbocycles. The van der Waals surface area contributed by atoms with E-state index in [9.17, 15) is 44.4 Å². The zero-order chi connectivity index (χ0) is 55.9. The highest BCUT2D eigenvalue weighted by molar-refractivity contribution is 6.34. The van der Waals surface area contributed by atoms with Gasteiger partial charge in [0.15, 0.2) is 11.6 Å². The van der Waals surface area contributed by atoms with Gasteiger partial charge in [-0.3, -0.25) is 29.0 Å². The van der Waals surface area contributed by atoms with E-state index >= 15 is 9.18 Å². The normalized spacial score (nSPS) is 29.9. The molecule has 0 radical (unpaired) electrons. The van der Waals surface area contributed by atoms with Crippen LogP contribution in [-0.4, -0.2) is 123 Å². The number of amides is 1. The number of hydrogen-bond acceptors (Lipinski definition) is 17. The number of phenols is 1. The summed E-state index contributed by atoms with van der Waals surface area (Å²) < 4.78 is 48.1. The van der Waals surface area contributed by atoms with Crippen molar-refractivity contribution in [1.29, 1.82) is 0 Å². The van der Waals surface area contributed by atoms with Crippen LogP contribution in [0.15, 0.2) is 69.6 Å². The second-order valence-electron chi connectivity index (χ2n) is 21.3. The van der Waals surface area contributed by atoms with Gasteiger partial charge in [0, 0.05) is 99.5 Å². The highest BCUT2D eigenvalue weighted by Gasteiger charge is 2.55. The van der Waals surface area contributed by atoms with E-state index < -0.39 is 112 Å². The average Bonchev–Trinajstić information content (AvgIpc) is 4.26. The Bertz CT molecular complexity index is 3250. The molecule has 10 rings (SSSR count). The lowest BCUT2D eigenvalue weighted by molar-refractivity contribution is -0.160. The number of carboxylic acid groups (broad SMARTS) is 1. The second kappa shape index (κ2) is 20.2. The van der Waals surface area contributed by atoms with Gasteiger partial charge in [-0.05, 0) is 38.8 Å². The number of nitrogens with zero attached hydrogens (tertiary/aromatic N) is 3. The van der Waals surface area contributed by atoms with Crippen molar-refractivity contribution in [2.75, 3.05) is 32.2 Å². The van der Waals surface area contributed by atoms with E-state index in [1.54, 1.807) is 49.3 Å². The van der Waals surface area contributed by atoms with E-state index in [0.717, 1.165) is 6.07 Å². The van der Waals surface area contributed by atoms with Crippen LogP contribution in [0.1, 0.15) is 122 Å². The maximum atomic E-state index is 16.5. The van der Waals surface area contributed by atoms with Crippen molar-refractivity contribution in [3.8, 4) is 17.2 Å². The van der Waals surface area contributed by atoms with Crippen molar-refractivity contribution in [2.24, 2.45) is 28.7 Å². The Morgan fingerprint density at radius 1 is 0.935 bits per heavy atom. The van der Waals surface area contributed by atoms with Crippen molar-refractivity contribution in [3.05, 3.63) is 104 Å². The minimum Gasteiger partial charge on any atom is -0.507 e. The lowest BCUT2D eigenvalue weighted by atomic mass is 9.78. The third-order valence-corrected chi connectivity index (χ3v) is 16.1. The Labute approximate surface area is 442 Å². The number of aliphatic imine (C=N–C) groups is 1. The number of carbonyl (C=O) groups is 5. The summed E-state index contributed by atoms with van der Waals surface area (Å²) in [7, 11) is 2.77. The van der Waals surface area contributed by atoms with Crippen molar-refractivity contribution < 1.29 is 72.5 Å². The number of aliphatic hydroxyl groups is 2. The first-order chi connectivity index (χ1) is 36.4. The fourth-order valence-electron chi connectivity index (χ4n) is 11.5. The van der Waals surface area contributed by atoms with Gasteiger partial charge < -0.3 is 64.2 Å². The molecule has 1 spiro atoms. The predicted molar refractivity (Wildman–Crippen MR) is 278 cm³/mol. The molecule has 5 bridgehead atoms. The molecule has 5 aliphatic heterocycles. The van der Waals surface area contributed by atoms with Crippen LogP contribution in [0.4, 0.5) is 10.1 Å². The average molecular weight is 1070 g/mol. The maximum Gasteiger partial charge on any atom is 0.341 e. The smallest absolute Gasteiger partial charge is 0.341 e. The summed E-state index contributed by atoms with van der Waals surface area (Å²) in [4.78, 5) is 89.2. The fraction of sp³-hybridized carbons (Fsp3) is 0.482. The number of piperidine rings is 1. The first-order valence-corrected chi connectivity index (χ1v) is 25.7. The van der Waals surface area contributed by atoms with E-state index in [1.165, 1.54) is 66.5 Å². The zero-order valence-corrected chi connectivity index (χ0v) is 44.5. The number of aliphatic hydroxyl groups excluding tert-OH is 2. The lowest BCUT2D eigenvalue weighted by Crippen LogP contribution is -2.50. The molecule has 1 saturated heterocycles. The largest absolute Gasteiger partial charge is 0.507 e. The number of halogens is 1. The monoisotopic (exact) mass is 1070 g/mol. The molecule has 3 aromatic rings. The molecule has 6 N–H and O–H groups in total. The van der Waals surface area contributed by atoms with Crippen LogP contribution in [0.25, 0.3) is 10.9 Å². The van der Waals surface area contributed by atoms with Crippen LogP contribution in [0.3, 0.4) is 0 Å². The number of ketones is 2. The molecule has 20 nitrogen and oxygen atoms in total. The zero-order valence-electron chi connectivity index (χ0n) is 44.5. The van der Waals surface area contributed by atoms with Gasteiger partial charge in [-0.25, -0.2) is 9.18 Å². The van der Waals surface area contributed by atoms with Crippen molar-refractivity contribution in [3.63, 3.8) is 0 Å². The Hall–Kier alpha value is -7.36. The van der Waals surface area contributed by atoms with Crippen molar-refractivity contribution in [1.82, 2.24) is 15.2 Å². The standard InChI is InChI=1S/C56H64FN5O15/c1-24-12-11-13-25(2)53(70)58-41-40-39(59-56(60-40)17-19-61(20-18-56)43-34(57)22-32-42(51(43)74-10)62(31-14-15-31)23-33(47(32)67)54(71)72)36-37(48(41)68)46(66)29(6)50-38(36)52(69)55(8,77-50)75-21-16-35(73-9)26(3)49(76-30(7)63)28(5)45(65)27(4)44(24)64/h11-13,16,21-24,26-28,31,35,44-45,49,60,64-66H,14-15,17-20H2,1-10H3,(H,58,70)(H,71,72)/b12-11+,21-16+,25-13-/t24-,26+,27+,28+,35-,44-,45+,49+,55-/m0/s1. The number of rotatable bonds is 6. The summed E-state index contributed by atoms with van der Waals surface area (Å²) in [5, 5.41) is 51.0. The molecule has 2 fully saturated rings. The highest BCUT2D eigenvalue weighted by Crippen LogP contribution is 2.51. The van der Waals surface area contributed by atoms with Crippen molar-refractivity contribution in [2.45, 2.75) is 123 Å². The number of pyridine rings is 1. The topological polar surface area (TPSA) is 274 Å². The van der Waals surface area contributed by atoms with Gasteiger partial charge in [0.2, 0.25) is 11.2 Å². The molecule has 1 aromatic heterocycles. The number of methoxy groups -OCH3 is 2. The Morgan fingerprint density at radius 2 is 1.62 bits per heavy atom. The first kappa shape index (κ1) is 54.4. The number of aromatic nitrogens is 1. The third-order valence-electron chi connectivity index (χ3n) is 16.1. The number of benzene rings is 2. The second-order valence-corrected chi connectivity index (χ2v) is 21.3. The van der Waals surface area contributed by atoms with Gasteiger partial charge in [-0.1, -0.05) is 45.9 Å². The summed E-state index contributed by atoms with van der Waals surface area (Å²) in [5.74, 6) is -10.5. The predicted octanol–water partition coefficient (Wildman–Crippen LogP) is 5.66. The first-order valence-electron chi connectivity index (χ1n) is 25.7. The minimum absolute atomic E-state index is 0.0236. The van der Waals surface area contributed by atoms with Crippen LogP contribution in [0.2, 0.25) is 0 Å². The van der Waals surface area contributed by atoms with Crippen LogP contribution in [0, 0.1) is 36.4 Å². The molecule has 6 heterocycles. The number of phenolic OH excluding ortho intramolecular Hbond substituents is 1. The SMILES string of the molecule is COc1c(N2CCC3(CC2)N=C2C(=C4NC(=O)/C(C)=C\C=C\[C@H](C)[C@H](O)[C@@H](C)[C@@H](O)[C@@H](C)[C@H](OC(C)=O)[C@H](C)[C@@H](OC)/C=C/O[C@@]5(C)Oc6c(C)c(O)c(c2c6C5=O)C4=O)N3)c(F)cc2c(=O)c(C(=O)O)cn(C3CC3)c12. The van der Waals surface area contributed by atoms with E-state index in [-0.39, 0.29) is 105 Å². The van der Waals surface area contributed by atoms with Crippen LogP contribution in [0.5, 0.6) is 17.2 Å². The summed E-state index contributed by atoms with van der Waals surface area (Å²) in [6.45, 7) is 12.7. The van der Waals surface area contributed by atoms with Gasteiger partial charge in [0.1, 0.15) is 40.2 Å². The maximum absolute atomic E-state index is 16.5. The Morgan fingerprint density at radius 3 is 2.25 bits per heavy atom. The quantitative estimate of drug-likeness (QED) is 0.163. The number of aromatic hydroxyl groups is 1. The van der Waals surface area contributed by atoms with E-state index in [2.05, 4.69) is 10.6 Å². The molecule has 410 valence electrons. The van der Waals surface area contributed by atoms with Crippen molar-refractivity contribution >= 4 is 51.7 Å². The summed E-state index contributed by atoms with van der Waals surface area (Å²) in [6, 6.07) is 0.910. The number of carbonyl (C=O) groups excluding carboxylic acids is 4. The molecule has 1 amide bonds. The molecule has 77 heavy (non-hydrogen) atoms. The van der Waals surface area contributed by atoms with Crippen LogP contribution in [-0.2, 0) is 23.8 Å². The molecule has 9 atom stereocenters. The Balaban J connectivity index is 1.14. The molecular formula is C56H64FN5O15. The number of esters is 1. The van der Waals surface area contributed by atoms with Gasteiger partial charge >= 0.3 is 17.7 Å².